The first-order valence-electron chi connectivity index (χ1n) is 3.49. The molecule has 0 aliphatic carbocycles. The number of benzene rings is 1. The van der Waals surface area contributed by atoms with E-state index in [0.717, 1.165) is 14.2 Å². The Balaban J connectivity index is 2.55. The van der Waals surface area contributed by atoms with Crippen LogP contribution in [0.5, 0.6) is 0 Å². The Morgan fingerprint density at radius 1 is 1.50 bits per heavy atom. The van der Waals surface area contributed by atoms with E-state index in [4.69, 9.17) is 0 Å². The third kappa shape index (κ3) is 1.11. The van der Waals surface area contributed by atoms with Crippen LogP contribution in [-0.2, 0) is 11.2 Å². The summed E-state index contributed by atoms with van der Waals surface area (Å²) in [7, 11) is 0. The molecule has 0 radical (unpaired) electrons. The number of nitrogens with zero attached hydrogens (tertiary/aromatic N) is 1. The lowest BCUT2D eigenvalue weighted by molar-refractivity contribution is -0.122. The summed E-state index contributed by atoms with van der Waals surface area (Å²) in [6.07, 6.45) is 0.308. The van der Waals surface area contributed by atoms with E-state index < -0.39 is 0 Å². The Hall–Kier alpha value is -0.620. The van der Waals surface area contributed by atoms with Gasteiger partial charge in [0.05, 0.1) is 12.1 Å². The van der Waals surface area contributed by atoms with E-state index in [2.05, 4.69) is 22.6 Å². The van der Waals surface area contributed by atoms with E-state index in [9.17, 15) is 10.0 Å². The maximum atomic E-state index is 11.0. The number of rotatable bonds is 0. The van der Waals surface area contributed by atoms with Gasteiger partial charge in [-0.2, -0.15) is 5.06 Å². The minimum absolute atomic E-state index is 0.257. The highest BCUT2D eigenvalue weighted by atomic mass is 127. The highest BCUT2D eigenvalue weighted by molar-refractivity contribution is 14.1. The molecule has 2 rings (SSSR count). The lowest BCUT2D eigenvalue weighted by Crippen LogP contribution is -2.21. The summed E-state index contributed by atoms with van der Waals surface area (Å²) >= 11 is 2.14. The first-order chi connectivity index (χ1) is 5.68. The van der Waals surface area contributed by atoms with Crippen molar-refractivity contribution < 1.29 is 10.0 Å². The molecule has 1 aliphatic heterocycles. The minimum atomic E-state index is -0.257. The molecule has 0 bridgehead atoms. The van der Waals surface area contributed by atoms with Gasteiger partial charge in [0, 0.05) is 3.57 Å². The molecule has 0 saturated carbocycles. The lowest BCUT2D eigenvalue weighted by Gasteiger charge is -2.06. The van der Waals surface area contributed by atoms with Gasteiger partial charge in [0.2, 0.25) is 0 Å². The minimum Gasteiger partial charge on any atom is -0.281 e. The van der Waals surface area contributed by atoms with E-state index in [1.807, 2.05) is 12.1 Å². The second-order valence-corrected chi connectivity index (χ2v) is 3.90. The molecular formula is C8H6INO2. The fourth-order valence-electron chi connectivity index (χ4n) is 1.26. The molecule has 1 aromatic carbocycles. The Morgan fingerprint density at radius 3 is 3.00 bits per heavy atom. The standard InChI is InChI=1S/C8H6INO2/c9-6-2-1-5-3-8(11)10(12)7(5)4-6/h1-2,4,12H,3H2. The third-order valence-corrected chi connectivity index (χ3v) is 2.52. The van der Waals surface area contributed by atoms with Crippen LogP contribution < -0.4 is 5.06 Å². The molecule has 0 spiro atoms. The fourth-order valence-corrected chi connectivity index (χ4v) is 1.73. The van der Waals surface area contributed by atoms with Gasteiger partial charge in [-0.3, -0.25) is 10.0 Å². The molecule has 0 atom stereocenters. The summed E-state index contributed by atoms with van der Waals surface area (Å²) in [6, 6.07) is 5.58. The van der Waals surface area contributed by atoms with E-state index in [-0.39, 0.29) is 5.91 Å². The van der Waals surface area contributed by atoms with Crippen LogP contribution in [-0.4, -0.2) is 11.1 Å². The van der Waals surface area contributed by atoms with Crippen LogP contribution in [0.25, 0.3) is 0 Å². The molecule has 1 N–H and O–H groups in total. The molecule has 3 nitrogen and oxygen atoms in total. The predicted molar refractivity (Wildman–Crippen MR) is 52.1 cm³/mol. The average Bonchev–Trinajstić information content (AvgIpc) is 2.31. The maximum Gasteiger partial charge on any atom is 0.255 e. The van der Waals surface area contributed by atoms with Crippen LogP contribution in [0.4, 0.5) is 5.69 Å². The second-order valence-electron chi connectivity index (χ2n) is 2.66. The summed E-state index contributed by atoms with van der Waals surface area (Å²) in [6.45, 7) is 0. The Labute approximate surface area is 83.1 Å². The summed E-state index contributed by atoms with van der Waals surface area (Å²) < 4.78 is 1.01. The molecule has 0 unspecified atom stereocenters. The van der Waals surface area contributed by atoms with Crippen molar-refractivity contribution in [2.24, 2.45) is 0 Å². The van der Waals surface area contributed by atoms with Gasteiger partial charge >= 0.3 is 0 Å². The number of anilines is 1. The van der Waals surface area contributed by atoms with Crippen LogP contribution in [0, 0.1) is 3.57 Å². The number of amides is 1. The molecule has 0 aromatic heterocycles. The average molecular weight is 275 g/mol. The summed E-state index contributed by atoms with van der Waals surface area (Å²) in [5.74, 6) is -0.257. The van der Waals surface area contributed by atoms with Crippen molar-refractivity contribution in [2.45, 2.75) is 6.42 Å². The number of halogens is 1. The topological polar surface area (TPSA) is 40.5 Å². The van der Waals surface area contributed by atoms with Crippen molar-refractivity contribution in [3.63, 3.8) is 0 Å². The van der Waals surface area contributed by atoms with Crippen molar-refractivity contribution in [3.05, 3.63) is 27.3 Å². The number of carbonyl (C=O) groups excluding carboxylic acids is 1. The molecule has 62 valence electrons. The van der Waals surface area contributed by atoms with Gasteiger partial charge in [-0.15, -0.1) is 0 Å². The zero-order chi connectivity index (χ0) is 8.72. The van der Waals surface area contributed by atoms with Gasteiger partial charge in [-0.05, 0) is 40.3 Å². The van der Waals surface area contributed by atoms with Crippen LogP contribution in [0.3, 0.4) is 0 Å². The molecule has 12 heavy (non-hydrogen) atoms. The van der Waals surface area contributed by atoms with E-state index in [0.29, 0.717) is 12.1 Å². The molecule has 1 amide bonds. The molecule has 4 heteroatoms. The van der Waals surface area contributed by atoms with Crippen LogP contribution in [0.15, 0.2) is 18.2 Å². The van der Waals surface area contributed by atoms with Crippen molar-refractivity contribution in [1.29, 1.82) is 0 Å². The smallest absolute Gasteiger partial charge is 0.255 e. The van der Waals surface area contributed by atoms with Crippen LogP contribution in [0.2, 0.25) is 0 Å². The normalized spacial score (nSPS) is 15.2. The highest BCUT2D eigenvalue weighted by Gasteiger charge is 2.25. The van der Waals surface area contributed by atoms with E-state index >= 15 is 0 Å². The summed E-state index contributed by atoms with van der Waals surface area (Å²) in [5.41, 5.74) is 1.51. The summed E-state index contributed by atoms with van der Waals surface area (Å²) in [4.78, 5) is 11.0. The van der Waals surface area contributed by atoms with Crippen molar-refractivity contribution in [1.82, 2.24) is 0 Å². The quantitative estimate of drug-likeness (QED) is 0.576. The number of hydroxylamine groups is 1. The van der Waals surface area contributed by atoms with E-state index in [1.54, 1.807) is 6.07 Å². The van der Waals surface area contributed by atoms with Gasteiger partial charge < -0.3 is 0 Å². The fraction of sp³-hybridized carbons (Fsp3) is 0.125. The molecular weight excluding hydrogens is 269 g/mol. The first-order valence-corrected chi connectivity index (χ1v) is 4.56. The lowest BCUT2D eigenvalue weighted by atomic mass is 10.2. The van der Waals surface area contributed by atoms with Crippen molar-refractivity contribution in [3.8, 4) is 0 Å². The number of fused-ring (bicyclic) bond motifs is 1. The predicted octanol–water partition coefficient (Wildman–Crippen LogP) is 1.57. The number of carbonyl (C=O) groups is 1. The summed E-state index contributed by atoms with van der Waals surface area (Å²) in [5, 5.41) is 9.97. The third-order valence-electron chi connectivity index (χ3n) is 1.85. The van der Waals surface area contributed by atoms with Gasteiger partial charge in [0.25, 0.3) is 5.91 Å². The zero-order valence-corrected chi connectivity index (χ0v) is 8.28. The molecule has 0 saturated heterocycles. The number of hydrogen-bond acceptors (Lipinski definition) is 2. The van der Waals surface area contributed by atoms with Gasteiger partial charge in [-0.1, -0.05) is 6.07 Å². The largest absolute Gasteiger partial charge is 0.281 e. The molecule has 0 fully saturated rings. The van der Waals surface area contributed by atoms with E-state index in [1.165, 1.54) is 0 Å². The van der Waals surface area contributed by atoms with Crippen LogP contribution in [0.1, 0.15) is 5.56 Å². The van der Waals surface area contributed by atoms with Gasteiger partial charge in [-0.25, -0.2) is 0 Å². The SMILES string of the molecule is O=C1Cc2ccc(I)cc2N1O. The number of hydrogen-bond donors (Lipinski definition) is 1. The van der Waals surface area contributed by atoms with Crippen molar-refractivity contribution >= 4 is 34.2 Å². The highest BCUT2D eigenvalue weighted by Crippen LogP contribution is 2.28. The van der Waals surface area contributed by atoms with Gasteiger partial charge in [0.15, 0.2) is 0 Å². The van der Waals surface area contributed by atoms with Crippen molar-refractivity contribution in [2.75, 3.05) is 5.06 Å². The first kappa shape index (κ1) is 8.00. The Bertz CT molecular complexity index is 351. The molecule has 1 aliphatic rings. The monoisotopic (exact) mass is 275 g/mol. The Morgan fingerprint density at radius 2 is 2.25 bits per heavy atom. The Kier molecular flexibility index (Phi) is 1.80. The molecule has 1 heterocycles. The second kappa shape index (κ2) is 2.70. The zero-order valence-electron chi connectivity index (χ0n) is 6.12. The van der Waals surface area contributed by atoms with Gasteiger partial charge in [0.1, 0.15) is 0 Å². The molecule has 1 aromatic rings. The maximum absolute atomic E-state index is 11.0. The van der Waals surface area contributed by atoms with Crippen LogP contribution >= 0.6 is 22.6 Å².